The summed E-state index contributed by atoms with van der Waals surface area (Å²) in [6.45, 7) is 6.93. The van der Waals surface area contributed by atoms with Gasteiger partial charge in [0.25, 0.3) is 0 Å². The first-order chi connectivity index (χ1) is 8.49. The van der Waals surface area contributed by atoms with E-state index in [-0.39, 0.29) is 0 Å². The molecule has 0 saturated carbocycles. The Hall–Kier alpha value is -1.55. The van der Waals surface area contributed by atoms with Gasteiger partial charge in [-0.3, -0.25) is 4.79 Å². The maximum absolute atomic E-state index is 10.6. The van der Waals surface area contributed by atoms with Gasteiger partial charge >= 0.3 is 5.97 Å². The summed E-state index contributed by atoms with van der Waals surface area (Å²) in [5.74, 6) is 0.0454. The van der Waals surface area contributed by atoms with Crippen molar-refractivity contribution in [2.24, 2.45) is 0 Å². The number of aryl methyl sites for hydroxylation is 2. The van der Waals surface area contributed by atoms with Crippen LogP contribution in [0.15, 0.2) is 18.2 Å². The van der Waals surface area contributed by atoms with Crippen molar-refractivity contribution in [3.05, 3.63) is 29.3 Å². The van der Waals surface area contributed by atoms with Crippen LogP contribution >= 0.6 is 0 Å². The Labute approximate surface area is 108 Å². The second-order valence-electron chi connectivity index (χ2n) is 4.54. The van der Waals surface area contributed by atoms with Crippen molar-refractivity contribution >= 4 is 5.97 Å². The number of carboxylic acids is 1. The molecule has 100 valence electrons. The van der Waals surface area contributed by atoms with Crippen LogP contribution in [0.1, 0.15) is 24.5 Å². The van der Waals surface area contributed by atoms with E-state index in [0.717, 1.165) is 12.2 Å². The van der Waals surface area contributed by atoms with Gasteiger partial charge in [-0.25, -0.2) is 0 Å². The van der Waals surface area contributed by atoms with Crippen molar-refractivity contribution in [3.8, 4) is 5.75 Å². The zero-order valence-corrected chi connectivity index (χ0v) is 11.2. The zero-order valence-electron chi connectivity index (χ0n) is 11.2. The summed E-state index contributed by atoms with van der Waals surface area (Å²) in [5.41, 5.74) is 2.37. The van der Waals surface area contributed by atoms with Gasteiger partial charge in [-0.15, -0.1) is 0 Å². The summed E-state index contributed by atoms with van der Waals surface area (Å²) in [4.78, 5) is 10.6. The van der Waals surface area contributed by atoms with E-state index in [2.05, 4.69) is 11.4 Å². The molecule has 0 spiro atoms. The molecule has 2 N–H and O–H groups in total. The second-order valence-corrected chi connectivity index (χ2v) is 4.54. The number of hydrogen-bond acceptors (Lipinski definition) is 3. The van der Waals surface area contributed by atoms with Crippen LogP contribution < -0.4 is 10.1 Å². The van der Waals surface area contributed by atoms with Gasteiger partial charge in [-0.05, 0) is 57.0 Å². The molecule has 4 nitrogen and oxygen atoms in total. The zero-order chi connectivity index (χ0) is 13.5. The van der Waals surface area contributed by atoms with Crippen LogP contribution in [0, 0.1) is 13.8 Å². The van der Waals surface area contributed by atoms with E-state index in [4.69, 9.17) is 9.84 Å². The molecule has 0 aliphatic carbocycles. The van der Waals surface area contributed by atoms with Crippen LogP contribution in [0.4, 0.5) is 0 Å². The summed E-state index contributed by atoms with van der Waals surface area (Å²) >= 11 is 0. The Morgan fingerprint density at radius 1 is 1.33 bits per heavy atom. The molecule has 0 radical (unpaired) electrons. The third kappa shape index (κ3) is 5.19. The van der Waals surface area contributed by atoms with Crippen molar-refractivity contribution in [2.75, 3.05) is 13.2 Å². The predicted molar refractivity (Wildman–Crippen MR) is 71.1 cm³/mol. The van der Waals surface area contributed by atoms with E-state index < -0.39 is 12.0 Å². The van der Waals surface area contributed by atoms with Gasteiger partial charge in [-0.1, -0.05) is 6.07 Å². The molecule has 1 aromatic rings. The van der Waals surface area contributed by atoms with E-state index >= 15 is 0 Å². The normalized spacial score (nSPS) is 12.2. The summed E-state index contributed by atoms with van der Waals surface area (Å²) in [6.07, 6.45) is 0.782. The molecule has 0 heterocycles. The Kier molecular flexibility index (Phi) is 5.65. The molecule has 0 aromatic heterocycles. The van der Waals surface area contributed by atoms with E-state index in [1.807, 2.05) is 26.0 Å². The summed E-state index contributed by atoms with van der Waals surface area (Å²) < 4.78 is 5.62. The molecule has 1 aromatic carbocycles. The quantitative estimate of drug-likeness (QED) is 0.729. The molecule has 0 saturated heterocycles. The Morgan fingerprint density at radius 3 is 2.50 bits per heavy atom. The molecule has 1 rings (SSSR count). The molecule has 18 heavy (non-hydrogen) atoms. The van der Waals surface area contributed by atoms with Crippen LogP contribution in [0.2, 0.25) is 0 Å². The van der Waals surface area contributed by atoms with E-state index in [1.54, 1.807) is 6.92 Å². The minimum Gasteiger partial charge on any atom is -0.494 e. The van der Waals surface area contributed by atoms with Gasteiger partial charge in [0, 0.05) is 0 Å². The van der Waals surface area contributed by atoms with E-state index in [0.29, 0.717) is 13.2 Å². The number of rotatable bonds is 7. The molecule has 0 aliphatic rings. The number of aliphatic carboxylic acids is 1. The van der Waals surface area contributed by atoms with Crippen LogP contribution in [0.5, 0.6) is 5.75 Å². The first-order valence-corrected chi connectivity index (χ1v) is 6.16. The Morgan fingerprint density at radius 2 is 1.94 bits per heavy atom. The molecular formula is C14H21NO3. The fourth-order valence-electron chi connectivity index (χ4n) is 1.68. The predicted octanol–water partition coefficient (Wildman–Crippen LogP) is 2.14. The van der Waals surface area contributed by atoms with Crippen molar-refractivity contribution in [2.45, 2.75) is 33.2 Å². The lowest BCUT2D eigenvalue weighted by molar-refractivity contribution is -0.139. The molecule has 4 heteroatoms. The lowest BCUT2D eigenvalue weighted by Crippen LogP contribution is -2.34. The molecule has 0 bridgehead atoms. The molecule has 0 amide bonds. The minimum absolute atomic E-state index is 0.508. The smallest absolute Gasteiger partial charge is 0.320 e. The van der Waals surface area contributed by atoms with Crippen molar-refractivity contribution < 1.29 is 14.6 Å². The highest BCUT2D eigenvalue weighted by Gasteiger charge is 2.08. The SMILES string of the molecule is Cc1cc(C)cc(OCCCNC(C)C(=O)O)c1. The molecule has 0 aliphatic heterocycles. The number of ether oxygens (including phenoxy) is 1. The van der Waals surface area contributed by atoms with E-state index in [9.17, 15) is 4.79 Å². The highest BCUT2D eigenvalue weighted by molar-refractivity contribution is 5.72. The average Bonchev–Trinajstić information content (AvgIpc) is 2.26. The van der Waals surface area contributed by atoms with Crippen molar-refractivity contribution in [1.29, 1.82) is 0 Å². The Bertz CT molecular complexity index is 384. The number of benzene rings is 1. The minimum atomic E-state index is -0.828. The highest BCUT2D eigenvalue weighted by Crippen LogP contribution is 2.16. The van der Waals surface area contributed by atoms with E-state index in [1.165, 1.54) is 11.1 Å². The maximum atomic E-state index is 10.6. The monoisotopic (exact) mass is 251 g/mol. The average molecular weight is 251 g/mol. The third-order valence-electron chi connectivity index (χ3n) is 2.61. The van der Waals surface area contributed by atoms with Crippen molar-refractivity contribution in [3.63, 3.8) is 0 Å². The van der Waals surface area contributed by atoms with Gasteiger partial charge in [0.1, 0.15) is 11.8 Å². The topological polar surface area (TPSA) is 58.6 Å². The van der Waals surface area contributed by atoms with Gasteiger partial charge in [0.05, 0.1) is 6.61 Å². The lowest BCUT2D eigenvalue weighted by atomic mass is 10.1. The maximum Gasteiger partial charge on any atom is 0.320 e. The van der Waals surface area contributed by atoms with Gasteiger partial charge < -0.3 is 15.2 Å². The summed E-state index contributed by atoms with van der Waals surface area (Å²) in [7, 11) is 0. The number of hydrogen-bond donors (Lipinski definition) is 2. The molecule has 1 atom stereocenters. The fourth-order valence-corrected chi connectivity index (χ4v) is 1.68. The standard InChI is InChI=1S/C14H21NO3/c1-10-7-11(2)9-13(8-10)18-6-4-5-15-12(3)14(16)17/h7-9,12,15H,4-6H2,1-3H3,(H,16,17). The van der Waals surface area contributed by atoms with Crippen LogP contribution in [0.3, 0.4) is 0 Å². The third-order valence-corrected chi connectivity index (χ3v) is 2.61. The fraction of sp³-hybridized carbons (Fsp3) is 0.500. The van der Waals surface area contributed by atoms with Gasteiger partial charge in [-0.2, -0.15) is 0 Å². The van der Waals surface area contributed by atoms with Gasteiger partial charge in [0.2, 0.25) is 0 Å². The summed E-state index contributed by atoms with van der Waals surface area (Å²) in [5, 5.41) is 11.6. The number of nitrogens with one attached hydrogen (secondary N) is 1. The molecule has 0 fully saturated rings. The summed E-state index contributed by atoms with van der Waals surface area (Å²) in [6, 6.07) is 5.59. The lowest BCUT2D eigenvalue weighted by Gasteiger charge is -2.10. The molecular weight excluding hydrogens is 230 g/mol. The Balaban J connectivity index is 2.23. The number of carboxylic acid groups (broad SMARTS) is 1. The molecule has 1 unspecified atom stereocenters. The first kappa shape index (κ1) is 14.5. The van der Waals surface area contributed by atoms with Crippen LogP contribution in [-0.2, 0) is 4.79 Å². The second kappa shape index (κ2) is 7.01. The van der Waals surface area contributed by atoms with Gasteiger partial charge in [0.15, 0.2) is 0 Å². The first-order valence-electron chi connectivity index (χ1n) is 6.16. The van der Waals surface area contributed by atoms with Crippen LogP contribution in [0.25, 0.3) is 0 Å². The number of carbonyl (C=O) groups is 1. The van der Waals surface area contributed by atoms with Crippen LogP contribution in [-0.4, -0.2) is 30.3 Å². The highest BCUT2D eigenvalue weighted by atomic mass is 16.5. The van der Waals surface area contributed by atoms with Crippen molar-refractivity contribution in [1.82, 2.24) is 5.32 Å². The largest absolute Gasteiger partial charge is 0.494 e.